The van der Waals surface area contributed by atoms with Crippen molar-refractivity contribution in [3.63, 3.8) is 0 Å². The van der Waals surface area contributed by atoms with Crippen molar-refractivity contribution in [1.29, 1.82) is 0 Å². The van der Waals surface area contributed by atoms with Gasteiger partial charge in [0.2, 0.25) is 0 Å². The minimum atomic E-state index is 0.514. The van der Waals surface area contributed by atoms with E-state index >= 15 is 0 Å². The zero-order valence-electron chi connectivity index (χ0n) is 12.0. The maximum atomic E-state index is 3.60. The highest BCUT2D eigenvalue weighted by atomic mass is 14.9. The molecule has 1 heterocycles. The summed E-state index contributed by atoms with van der Waals surface area (Å²) in [6, 6.07) is 13.6. The van der Waals surface area contributed by atoms with Crippen LogP contribution >= 0.6 is 0 Å². The van der Waals surface area contributed by atoms with Crippen LogP contribution < -0.4 is 5.32 Å². The molecule has 0 amide bonds. The van der Waals surface area contributed by atoms with E-state index in [9.17, 15) is 0 Å². The summed E-state index contributed by atoms with van der Waals surface area (Å²) in [5, 5.41) is 3.60. The molecule has 19 heavy (non-hydrogen) atoms. The van der Waals surface area contributed by atoms with Gasteiger partial charge in [0.25, 0.3) is 0 Å². The molecular weight excluding hydrogens is 230 g/mol. The Morgan fingerprint density at radius 3 is 2.53 bits per heavy atom. The van der Waals surface area contributed by atoms with E-state index in [1.807, 2.05) is 0 Å². The van der Waals surface area contributed by atoms with E-state index in [1.165, 1.54) is 33.5 Å². The van der Waals surface area contributed by atoms with Crippen molar-refractivity contribution in [1.82, 2.24) is 0 Å². The van der Waals surface area contributed by atoms with E-state index in [0.717, 1.165) is 13.0 Å². The summed E-state index contributed by atoms with van der Waals surface area (Å²) in [6.45, 7) is 7.56. The minimum Gasteiger partial charge on any atom is -0.381 e. The Balaban J connectivity index is 2.19. The molecule has 1 aliphatic rings. The van der Waals surface area contributed by atoms with E-state index in [4.69, 9.17) is 0 Å². The molecule has 0 saturated heterocycles. The van der Waals surface area contributed by atoms with Crippen LogP contribution in [0.5, 0.6) is 0 Å². The summed E-state index contributed by atoms with van der Waals surface area (Å²) in [5.74, 6) is 0.514. The molecule has 2 aromatic carbocycles. The second-order valence-electron chi connectivity index (χ2n) is 5.61. The predicted octanol–water partition coefficient (Wildman–Crippen LogP) is 4.77. The summed E-state index contributed by atoms with van der Waals surface area (Å²) >= 11 is 0. The van der Waals surface area contributed by atoms with Gasteiger partial charge in [-0.15, -0.1) is 0 Å². The average molecular weight is 251 g/mol. The fourth-order valence-electron chi connectivity index (χ4n) is 3.16. The number of anilines is 1. The van der Waals surface area contributed by atoms with Crippen LogP contribution in [0.1, 0.15) is 47.1 Å². The number of hydrogen-bond donors (Lipinski definition) is 1. The van der Waals surface area contributed by atoms with E-state index in [1.54, 1.807) is 0 Å². The van der Waals surface area contributed by atoms with E-state index in [-0.39, 0.29) is 0 Å². The Morgan fingerprint density at radius 2 is 1.74 bits per heavy atom. The minimum absolute atomic E-state index is 0.514. The summed E-state index contributed by atoms with van der Waals surface area (Å²) in [7, 11) is 0. The van der Waals surface area contributed by atoms with Crippen molar-refractivity contribution in [2.24, 2.45) is 0 Å². The molecule has 1 N–H and O–H groups in total. The van der Waals surface area contributed by atoms with Gasteiger partial charge in [0.15, 0.2) is 0 Å². The molecule has 1 heteroatoms. The van der Waals surface area contributed by atoms with Crippen LogP contribution in [0.4, 0.5) is 5.69 Å². The number of nitrogens with one attached hydrogen (secondary N) is 1. The Morgan fingerprint density at radius 1 is 1.00 bits per heavy atom. The molecule has 1 nitrogen and oxygen atoms in total. The summed E-state index contributed by atoms with van der Waals surface area (Å²) in [4.78, 5) is 0. The lowest BCUT2D eigenvalue weighted by Gasteiger charge is -2.18. The zero-order chi connectivity index (χ0) is 13.4. The molecule has 0 aromatic heterocycles. The quantitative estimate of drug-likeness (QED) is 0.769. The smallest absolute Gasteiger partial charge is 0.0403 e. The van der Waals surface area contributed by atoms with Crippen LogP contribution in [0.25, 0.3) is 0 Å². The van der Waals surface area contributed by atoms with Gasteiger partial charge in [-0.05, 0) is 43.0 Å². The highest BCUT2D eigenvalue weighted by Crippen LogP contribution is 2.38. The normalized spacial score (nSPS) is 17.1. The molecule has 0 radical (unpaired) electrons. The van der Waals surface area contributed by atoms with Crippen LogP contribution in [0.15, 0.2) is 36.4 Å². The Bertz CT molecular complexity index is 613. The van der Waals surface area contributed by atoms with Gasteiger partial charge in [0, 0.05) is 18.2 Å². The van der Waals surface area contributed by atoms with Gasteiger partial charge >= 0.3 is 0 Å². The number of rotatable bonds is 1. The Kier molecular flexibility index (Phi) is 3.06. The van der Waals surface area contributed by atoms with Crippen molar-refractivity contribution >= 4 is 5.69 Å². The van der Waals surface area contributed by atoms with Crippen LogP contribution in [0.3, 0.4) is 0 Å². The van der Waals surface area contributed by atoms with Gasteiger partial charge in [0.05, 0.1) is 0 Å². The molecule has 98 valence electrons. The molecule has 2 aromatic rings. The maximum absolute atomic E-state index is 3.60. The SMILES string of the molecule is CCC1c2ccc(C)cc2CNc2ccc(C)cc21. The standard InChI is InChI=1S/C18H21N/c1-4-15-16-7-5-12(2)9-14(16)11-19-18-8-6-13(3)10-17(15)18/h5-10,15,19H,4,11H2,1-3H3. The van der Waals surface area contributed by atoms with E-state index < -0.39 is 0 Å². The lowest BCUT2D eigenvalue weighted by Crippen LogP contribution is -2.02. The van der Waals surface area contributed by atoms with Crippen LogP contribution in [-0.2, 0) is 6.54 Å². The van der Waals surface area contributed by atoms with Crippen molar-refractivity contribution in [2.75, 3.05) is 5.32 Å². The summed E-state index contributed by atoms with van der Waals surface area (Å²) in [6.07, 6.45) is 1.15. The largest absolute Gasteiger partial charge is 0.381 e. The number of fused-ring (bicyclic) bond motifs is 2. The molecule has 0 aliphatic carbocycles. The number of hydrogen-bond acceptors (Lipinski definition) is 1. The molecular formula is C18H21N. The molecule has 1 unspecified atom stereocenters. The van der Waals surface area contributed by atoms with Crippen LogP contribution in [0, 0.1) is 13.8 Å². The monoisotopic (exact) mass is 251 g/mol. The lowest BCUT2D eigenvalue weighted by molar-refractivity contribution is 0.776. The van der Waals surface area contributed by atoms with Gasteiger partial charge < -0.3 is 5.32 Å². The first kappa shape index (κ1) is 12.3. The number of benzene rings is 2. The van der Waals surface area contributed by atoms with Crippen LogP contribution in [-0.4, -0.2) is 0 Å². The van der Waals surface area contributed by atoms with Crippen LogP contribution in [0.2, 0.25) is 0 Å². The van der Waals surface area contributed by atoms with Gasteiger partial charge in [-0.3, -0.25) is 0 Å². The molecule has 3 rings (SSSR count). The first-order valence-corrected chi connectivity index (χ1v) is 7.13. The highest BCUT2D eigenvalue weighted by Gasteiger charge is 2.22. The molecule has 0 fully saturated rings. The van der Waals surface area contributed by atoms with Gasteiger partial charge in [0.1, 0.15) is 0 Å². The second-order valence-corrected chi connectivity index (χ2v) is 5.61. The van der Waals surface area contributed by atoms with Crippen molar-refractivity contribution in [3.05, 3.63) is 64.2 Å². The third-order valence-corrected chi connectivity index (χ3v) is 4.13. The van der Waals surface area contributed by atoms with Gasteiger partial charge in [-0.1, -0.05) is 48.4 Å². The van der Waals surface area contributed by atoms with Crippen molar-refractivity contribution in [2.45, 2.75) is 39.7 Å². The Labute approximate surface area is 115 Å². The average Bonchev–Trinajstić information content (AvgIpc) is 2.54. The third kappa shape index (κ3) is 2.14. The molecule has 1 aliphatic heterocycles. The van der Waals surface area contributed by atoms with Crippen molar-refractivity contribution in [3.8, 4) is 0 Å². The fraction of sp³-hybridized carbons (Fsp3) is 0.333. The fourth-order valence-corrected chi connectivity index (χ4v) is 3.16. The summed E-state index contributed by atoms with van der Waals surface area (Å²) < 4.78 is 0. The number of aryl methyl sites for hydroxylation is 2. The first-order valence-electron chi connectivity index (χ1n) is 7.13. The molecule has 0 saturated carbocycles. The maximum Gasteiger partial charge on any atom is 0.0403 e. The topological polar surface area (TPSA) is 12.0 Å². The molecule has 1 atom stereocenters. The van der Waals surface area contributed by atoms with Gasteiger partial charge in [-0.25, -0.2) is 0 Å². The van der Waals surface area contributed by atoms with E-state index in [0.29, 0.717) is 5.92 Å². The lowest BCUT2D eigenvalue weighted by atomic mass is 9.85. The second kappa shape index (κ2) is 4.73. The molecule has 0 bridgehead atoms. The molecule has 0 spiro atoms. The predicted molar refractivity (Wildman–Crippen MR) is 81.8 cm³/mol. The first-order chi connectivity index (χ1) is 9.19. The van der Waals surface area contributed by atoms with E-state index in [2.05, 4.69) is 62.5 Å². The third-order valence-electron chi connectivity index (χ3n) is 4.13. The van der Waals surface area contributed by atoms with Crippen molar-refractivity contribution < 1.29 is 0 Å². The summed E-state index contributed by atoms with van der Waals surface area (Å²) in [5.41, 5.74) is 8.37. The Hall–Kier alpha value is -1.76. The highest BCUT2D eigenvalue weighted by molar-refractivity contribution is 5.60. The zero-order valence-corrected chi connectivity index (χ0v) is 12.0. The van der Waals surface area contributed by atoms with Gasteiger partial charge in [-0.2, -0.15) is 0 Å².